The van der Waals surface area contributed by atoms with Crippen LogP contribution in [-0.4, -0.2) is 5.91 Å². The fourth-order valence-corrected chi connectivity index (χ4v) is 1.93. The van der Waals surface area contributed by atoms with Crippen molar-refractivity contribution in [3.05, 3.63) is 29.1 Å². The van der Waals surface area contributed by atoms with Gasteiger partial charge in [0.05, 0.1) is 0 Å². The minimum absolute atomic E-state index is 0.0561. The lowest BCUT2D eigenvalue weighted by Gasteiger charge is -2.20. The molecule has 1 unspecified atom stereocenters. The van der Waals surface area contributed by atoms with Crippen LogP contribution in [0.5, 0.6) is 0 Å². The zero-order valence-electron chi connectivity index (χ0n) is 9.22. The van der Waals surface area contributed by atoms with Crippen LogP contribution in [0.4, 0.5) is 10.1 Å². The quantitative estimate of drug-likeness (QED) is 0.805. The molecule has 0 spiro atoms. The molecule has 1 aliphatic rings. The molecule has 0 fully saturated rings. The zero-order chi connectivity index (χ0) is 11.7. The van der Waals surface area contributed by atoms with Gasteiger partial charge in [-0.3, -0.25) is 4.79 Å². The Labute approximate surface area is 93.8 Å². The lowest BCUT2D eigenvalue weighted by atomic mass is 9.96. The normalized spacial score (nSPS) is 16.6. The molecule has 1 atom stereocenters. The molecule has 0 saturated heterocycles. The fraction of sp³-hybridized carbons (Fsp3) is 0.417. The Kier molecular flexibility index (Phi) is 2.92. The fourth-order valence-electron chi connectivity index (χ4n) is 1.93. The van der Waals surface area contributed by atoms with Gasteiger partial charge in [0, 0.05) is 23.7 Å². The van der Waals surface area contributed by atoms with Crippen LogP contribution in [0.1, 0.15) is 36.9 Å². The maximum atomic E-state index is 13.7. The van der Waals surface area contributed by atoms with Gasteiger partial charge < -0.3 is 11.1 Å². The van der Waals surface area contributed by atoms with Crippen molar-refractivity contribution in [3.63, 3.8) is 0 Å². The molecule has 1 amide bonds. The van der Waals surface area contributed by atoms with Gasteiger partial charge in [0.25, 0.3) is 0 Å². The number of aryl methyl sites for hydroxylation is 1. The number of fused-ring (bicyclic) bond motifs is 1. The summed E-state index contributed by atoms with van der Waals surface area (Å²) >= 11 is 0. The minimum atomic E-state index is -0.338. The van der Waals surface area contributed by atoms with E-state index in [2.05, 4.69) is 5.32 Å². The molecule has 1 aromatic rings. The van der Waals surface area contributed by atoms with Crippen molar-refractivity contribution in [2.24, 2.45) is 5.73 Å². The van der Waals surface area contributed by atoms with Crippen LogP contribution in [0.2, 0.25) is 0 Å². The Morgan fingerprint density at radius 3 is 2.94 bits per heavy atom. The van der Waals surface area contributed by atoms with Crippen molar-refractivity contribution >= 4 is 11.6 Å². The topological polar surface area (TPSA) is 55.1 Å². The Morgan fingerprint density at radius 2 is 2.25 bits per heavy atom. The van der Waals surface area contributed by atoms with E-state index in [4.69, 9.17) is 5.73 Å². The first-order valence-electron chi connectivity index (χ1n) is 5.49. The lowest BCUT2D eigenvalue weighted by molar-refractivity contribution is -0.116. The molecular weight excluding hydrogens is 207 g/mol. The molecule has 16 heavy (non-hydrogen) atoms. The smallest absolute Gasteiger partial charge is 0.224 e. The number of rotatable bonds is 2. The third kappa shape index (κ3) is 1.93. The molecule has 3 N–H and O–H groups in total. The van der Waals surface area contributed by atoms with Crippen molar-refractivity contribution in [2.45, 2.75) is 32.2 Å². The summed E-state index contributed by atoms with van der Waals surface area (Å²) in [7, 11) is 0. The monoisotopic (exact) mass is 222 g/mol. The minimum Gasteiger partial charge on any atom is -0.326 e. The van der Waals surface area contributed by atoms with Crippen LogP contribution in [0.15, 0.2) is 12.1 Å². The van der Waals surface area contributed by atoms with E-state index in [9.17, 15) is 9.18 Å². The summed E-state index contributed by atoms with van der Waals surface area (Å²) in [6.07, 6.45) is 1.81. The molecule has 0 saturated carbocycles. The molecule has 0 aromatic heterocycles. The van der Waals surface area contributed by atoms with Gasteiger partial charge in [0.15, 0.2) is 0 Å². The average Bonchev–Trinajstić information content (AvgIpc) is 2.27. The van der Waals surface area contributed by atoms with Crippen LogP contribution < -0.4 is 11.1 Å². The maximum absolute atomic E-state index is 13.7. The second-order valence-corrected chi connectivity index (χ2v) is 4.09. The highest BCUT2D eigenvalue weighted by molar-refractivity contribution is 5.93. The summed E-state index contributed by atoms with van der Waals surface area (Å²) < 4.78 is 13.7. The van der Waals surface area contributed by atoms with Crippen LogP contribution in [0, 0.1) is 5.82 Å². The third-order valence-electron chi connectivity index (χ3n) is 2.96. The second-order valence-electron chi connectivity index (χ2n) is 4.09. The second kappa shape index (κ2) is 4.22. The van der Waals surface area contributed by atoms with Crippen LogP contribution in [0.3, 0.4) is 0 Å². The molecule has 2 rings (SSSR count). The Bertz CT molecular complexity index is 431. The summed E-state index contributed by atoms with van der Waals surface area (Å²) in [6.45, 7) is 1.92. The number of benzene rings is 1. The first-order chi connectivity index (χ1) is 7.61. The van der Waals surface area contributed by atoms with E-state index in [1.165, 1.54) is 6.07 Å². The summed E-state index contributed by atoms with van der Waals surface area (Å²) in [4.78, 5) is 11.2. The number of halogens is 1. The number of amides is 1. The third-order valence-corrected chi connectivity index (χ3v) is 2.96. The standard InChI is InChI=1S/C12H15FN2O/c1-2-10(14)8-5-7-3-4-12(16)15-11(7)6-9(8)13/h5-6,10H,2-4,14H2,1H3,(H,15,16). The Hall–Kier alpha value is -1.42. The molecular formula is C12H15FN2O. The van der Waals surface area contributed by atoms with Crippen molar-refractivity contribution in [1.29, 1.82) is 0 Å². The van der Waals surface area contributed by atoms with Crippen LogP contribution in [-0.2, 0) is 11.2 Å². The number of hydrogen-bond donors (Lipinski definition) is 2. The molecule has 4 heteroatoms. The summed E-state index contributed by atoms with van der Waals surface area (Å²) in [5.74, 6) is -0.394. The molecule has 0 radical (unpaired) electrons. The number of anilines is 1. The summed E-state index contributed by atoms with van der Waals surface area (Å²) in [5.41, 5.74) is 7.92. The summed E-state index contributed by atoms with van der Waals surface area (Å²) in [6, 6.07) is 2.87. The van der Waals surface area contributed by atoms with E-state index < -0.39 is 0 Å². The van der Waals surface area contributed by atoms with Gasteiger partial charge in [-0.15, -0.1) is 0 Å². The molecule has 3 nitrogen and oxygen atoms in total. The number of nitrogens with two attached hydrogens (primary N) is 1. The first-order valence-corrected chi connectivity index (χ1v) is 5.49. The molecule has 1 aromatic carbocycles. The predicted molar refractivity (Wildman–Crippen MR) is 60.6 cm³/mol. The molecule has 0 aliphatic carbocycles. The first kappa shape index (κ1) is 11.1. The Morgan fingerprint density at radius 1 is 1.50 bits per heavy atom. The molecule has 1 heterocycles. The van der Waals surface area contributed by atoms with Gasteiger partial charge in [-0.2, -0.15) is 0 Å². The van der Waals surface area contributed by atoms with E-state index in [1.54, 1.807) is 6.07 Å². The highest BCUT2D eigenvalue weighted by atomic mass is 19.1. The average molecular weight is 222 g/mol. The van der Waals surface area contributed by atoms with Crippen LogP contribution in [0.25, 0.3) is 0 Å². The Balaban J connectivity index is 2.41. The zero-order valence-corrected chi connectivity index (χ0v) is 9.22. The molecule has 0 bridgehead atoms. The highest BCUT2D eigenvalue weighted by Gasteiger charge is 2.19. The van der Waals surface area contributed by atoms with Crippen LogP contribution >= 0.6 is 0 Å². The van der Waals surface area contributed by atoms with E-state index in [0.29, 0.717) is 30.5 Å². The van der Waals surface area contributed by atoms with Gasteiger partial charge in [-0.1, -0.05) is 6.92 Å². The molecule has 1 aliphatic heterocycles. The number of carbonyl (C=O) groups is 1. The highest BCUT2D eigenvalue weighted by Crippen LogP contribution is 2.28. The van der Waals surface area contributed by atoms with Crippen molar-refractivity contribution in [1.82, 2.24) is 0 Å². The number of nitrogens with one attached hydrogen (secondary N) is 1. The predicted octanol–water partition coefficient (Wildman–Crippen LogP) is 2.12. The largest absolute Gasteiger partial charge is 0.326 e. The van der Waals surface area contributed by atoms with E-state index >= 15 is 0 Å². The van der Waals surface area contributed by atoms with Gasteiger partial charge in [0.1, 0.15) is 5.82 Å². The SMILES string of the molecule is CCC(N)c1cc2c(cc1F)NC(=O)CC2. The van der Waals surface area contributed by atoms with Gasteiger partial charge in [-0.05, 0) is 30.5 Å². The van der Waals surface area contributed by atoms with Gasteiger partial charge in [0.2, 0.25) is 5.91 Å². The van der Waals surface area contributed by atoms with Gasteiger partial charge >= 0.3 is 0 Å². The summed E-state index contributed by atoms with van der Waals surface area (Å²) in [5, 5.41) is 2.67. The van der Waals surface area contributed by atoms with E-state index in [-0.39, 0.29) is 17.8 Å². The van der Waals surface area contributed by atoms with E-state index in [0.717, 1.165) is 5.56 Å². The van der Waals surface area contributed by atoms with Gasteiger partial charge in [-0.25, -0.2) is 4.39 Å². The van der Waals surface area contributed by atoms with E-state index in [1.807, 2.05) is 6.92 Å². The van der Waals surface area contributed by atoms with Crippen molar-refractivity contribution in [3.8, 4) is 0 Å². The lowest BCUT2D eigenvalue weighted by Crippen LogP contribution is -2.20. The van der Waals surface area contributed by atoms with Crippen molar-refractivity contribution < 1.29 is 9.18 Å². The number of carbonyl (C=O) groups excluding carboxylic acids is 1. The molecule has 86 valence electrons. The van der Waals surface area contributed by atoms with Crippen molar-refractivity contribution in [2.75, 3.05) is 5.32 Å². The maximum Gasteiger partial charge on any atom is 0.224 e. The number of hydrogen-bond acceptors (Lipinski definition) is 2.